The molecule has 0 aliphatic rings. The van der Waals surface area contributed by atoms with Crippen LogP contribution in [0.4, 0.5) is 31.1 Å². The zero-order valence-electron chi connectivity index (χ0n) is 16.4. The van der Waals surface area contributed by atoms with Crippen molar-refractivity contribution in [2.45, 2.75) is 19.0 Å². The SMILES string of the molecule is O=C(NCCc1ccc(Cl)cc1)Oc1cnn(-c2ccc(OC(F)(F)F)cc2)c1C(F)(F)F. The van der Waals surface area contributed by atoms with Gasteiger partial charge in [0.2, 0.25) is 0 Å². The fraction of sp³-hybridized carbons (Fsp3) is 0.200. The third-order valence-electron chi connectivity index (χ3n) is 4.12. The molecule has 176 valence electrons. The summed E-state index contributed by atoms with van der Waals surface area (Å²) in [6.45, 7) is 0.0800. The van der Waals surface area contributed by atoms with Gasteiger partial charge in [0.1, 0.15) is 5.75 Å². The molecule has 0 atom stereocenters. The molecule has 1 aromatic heterocycles. The van der Waals surface area contributed by atoms with Gasteiger partial charge >= 0.3 is 18.6 Å². The van der Waals surface area contributed by atoms with Crippen molar-refractivity contribution in [2.75, 3.05) is 6.54 Å². The van der Waals surface area contributed by atoms with Crippen molar-refractivity contribution in [3.63, 3.8) is 0 Å². The van der Waals surface area contributed by atoms with E-state index in [1.807, 2.05) is 0 Å². The van der Waals surface area contributed by atoms with E-state index in [0.29, 0.717) is 22.3 Å². The quantitative estimate of drug-likeness (QED) is 0.443. The number of alkyl halides is 6. The lowest BCUT2D eigenvalue weighted by atomic mass is 10.1. The maximum Gasteiger partial charge on any atom is 0.573 e. The highest BCUT2D eigenvalue weighted by Gasteiger charge is 2.40. The summed E-state index contributed by atoms with van der Waals surface area (Å²) >= 11 is 5.78. The summed E-state index contributed by atoms with van der Waals surface area (Å²) in [5.41, 5.74) is -0.809. The lowest BCUT2D eigenvalue weighted by Crippen LogP contribution is -2.29. The number of amides is 1. The van der Waals surface area contributed by atoms with Crippen molar-refractivity contribution in [1.82, 2.24) is 15.1 Å². The van der Waals surface area contributed by atoms with Crippen molar-refractivity contribution < 1.29 is 40.6 Å². The second-order valence-electron chi connectivity index (χ2n) is 6.50. The standard InChI is InChI=1S/C20H14ClF6N3O3/c21-13-3-1-12(2-4-13)9-10-28-18(31)32-16-11-29-30(17(16)19(22,23)24)14-5-7-15(8-6-14)33-20(25,26)27/h1-8,11H,9-10H2,(H,28,31). The number of carbonyl (C=O) groups is 1. The Morgan fingerprint density at radius 2 is 1.64 bits per heavy atom. The van der Waals surface area contributed by atoms with Crippen LogP contribution < -0.4 is 14.8 Å². The number of hydrogen-bond donors (Lipinski definition) is 1. The Morgan fingerprint density at radius 3 is 2.21 bits per heavy atom. The summed E-state index contributed by atoms with van der Waals surface area (Å²) < 4.78 is 86.5. The first-order chi connectivity index (χ1) is 15.4. The number of carbonyl (C=O) groups excluding carboxylic acids is 1. The number of ether oxygens (including phenoxy) is 2. The van der Waals surface area contributed by atoms with E-state index < -0.39 is 35.8 Å². The molecule has 0 saturated heterocycles. The number of nitrogens with zero attached hydrogens (tertiary/aromatic N) is 2. The Bertz CT molecular complexity index is 1100. The average molecular weight is 494 g/mol. The van der Waals surface area contributed by atoms with Gasteiger partial charge in [-0.1, -0.05) is 23.7 Å². The molecule has 1 amide bonds. The molecule has 13 heteroatoms. The van der Waals surface area contributed by atoms with Crippen LogP contribution in [-0.4, -0.2) is 28.8 Å². The van der Waals surface area contributed by atoms with Gasteiger partial charge in [0.05, 0.1) is 11.9 Å². The predicted octanol–water partition coefficient (Wildman–Crippen LogP) is 5.77. The van der Waals surface area contributed by atoms with Crippen LogP contribution in [0.25, 0.3) is 5.69 Å². The van der Waals surface area contributed by atoms with E-state index in [1.165, 1.54) is 0 Å². The number of rotatable bonds is 6. The summed E-state index contributed by atoms with van der Waals surface area (Å²) in [4.78, 5) is 12.0. The monoisotopic (exact) mass is 493 g/mol. The first-order valence-corrected chi connectivity index (χ1v) is 9.52. The third kappa shape index (κ3) is 6.78. The predicted molar refractivity (Wildman–Crippen MR) is 104 cm³/mol. The molecule has 33 heavy (non-hydrogen) atoms. The van der Waals surface area contributed by atoms with Gasteiger partial charge < -0.3 is 14.8 Å². The largest absolute Gasteiger partial charge is 0.573 e. The molecule has 0 bridgehead atoms. The van der Waals surface area contributed by atoms with Gasteiger partial charge in [-0.15, -0.1) is 13.2 Å². The Morgan fingerprint density at radius 1 is 1.00 bits per heavy atom. The molecule has 0 radical (unpaired) electrons. The summed E-state index contributed by atoms with van der Waals surface area (Å²) in [6.07, 6.45) is -10.0. The van der Waals surface area contributed by atoms with Crippen molar-refractivity contribution in [2.24, 2.45) is 0 Å². The van der Waals surface area contributed by atoms with Crippen LogP contribution in [0.1, 0.15) is 11.3 Å². The molecular weight excluding hydrogens is 480 g/mol. The van der Waals surface area contributed by atoms with Crippen molar-refractivity contribution >= 4 is 17.7 Å². The van der Waals surface area contributed by atoms with Crippen molar-refractivity contribution in [3.8, 4) is 17.2 Å². The van der Waals surface area contributed by atoms with Gasteiger partial charge in [-0.05, 0) is 48.4 Å². The maximum atomic E-state index is 13.6. The lowest BCUT2D eigenvalue weighted by molar-refractivity contribution is -0.274. The van der Waals surface area contributed by atoms with E-state index >= 15 is 0 Å². The fourth-order valence-corrected chi connectivity index (χ4v) is 2.87. The molecule has 1 heterocycles. The Balaban J connectivity index is 1.71. The van der Waals surface area contributed by atoms with E-state index in [4.69, 9.17) is 16.3 Å². The average Bonchev–Trinajstić information content (AvgIpc) is 3.13. The Hall–Kier alpha value is -3.41. The molecule has 0 unspecified atom stereocenters. The first-order valence-electron chi connectivity index (χ1n) is 9.14. The minimum atomic E-state index is -4.99. The molecule has 0 aliphatic heterocycles. The molecule has 0 aliphatic carbocycles. The van der Waals surface area contributed by atoms with Crippen LogP contribution in [0.5, 0.6) is 11.5 Å². The van der Waals surface area contributed by atoms with Crippen molar-refractivity contribution in [3.05, 3.63) is 71.0 Å². The minimum absolute atomic E-state index is 0.0800. The Kier molecular flexibility index (Phi) is 7.06. The molecule has 3 rings (SSSR count). The lowest BCUT2D eigenvalue weighted by Gasteiger charge is -2.13. The van der Waals surface area contributed by atoms with E-state index in [1.54, 1.807) is 24.3 Å². The Labute approximate surface area is 187 Å². The number of halogens is 7. The van der Waals surface area contributed by atoms with Crippen LogP contribution >= 0.6 is 11.6 Å². The third-order valence-corrected chi connectivity index (χ3v) is 4.37. The summed E-state index contributed by atoms with van der Waals surface area (Å²) in [5.74, 6) is -1.49. The van der Waals surface area contributed by atoms with E-state index in [0.717, 1.165) is 29.8 Å². The van der Waals surface area contributed by atoms with Crippen LogP contribution in [0.2, 0.25) is 5.02 Å². The normalized spacial score (nSPS) is 11.8. The fourth-order valence-electron chi connectivity index (χ4n) is 2.75. The van der Waals surface area contributed by atoms with Crippen molar-refractivity contribution in [1.29, 1.82) is 0 Å². The van der Waals surface area contributed by atoms with E-state index in [9.17, 15) is 31.1 Å². The van der Waals surface area contributed by atoms with Crippen LogP contribution in [0.15, 0.2) is 54.7 Å². The highest BCUT2D eigenvalue weighted by Crippen LogP contribution is 2.38. The maximum absolute atomic E-state index is 13.6. The van der Waals surface area contributed by atoms with Gasteiger partial charge in [-0.2, -0.15) is 18.3 Å². The van der Waals surface area contributed by atoms with Gasteiger partial charge in [0.25, 0.3) is 0 Å². The number of nitrogens with one attached hydrogen (secondary N) is 1. The molecule has 6 nitrogen and oxygen atoms in total. The second kappa shape index (κ2) is 9.61. The van der Waals surface area contributed by atoms with Crippen LogP contribution in [-0.2, 0) is 12.6 Å². The zero-order valence-corrected chi connectivity index (χ0v) is 17.1. The van der Waals surface area contributed by atoms with Crippen LogP contribution in [0.3, 0.4) is 0 Å². The topological polar surface area (TPSA) is 65.4 Å². The van der Waals surface area contributed by atoms with Crippen LogP contribution in [0, 0.1) is 0 Å². The smallest absolute Gasteiger partial charge is 0.406 e. The first kappa shape index (κ1) is 24.2. The van der Waals surface area contributed by atoms with E-state index in [2.05, 4.69) is 15.2 Å². The van der Waals surface area contributed by atoms with Gasteiger partial charge in [-0.3, -0.25) is 0 Å². The summed E-state index contributed by atoms with van der Waals surface area (Å²) in [5, 5.41) is 6.42. The number of aromatic nitrogens is 2. The molecule has 3 aromatic rings. The number of benzene rings is 2. The molecular formula is C20H14ClF6N3O3. The van der Waals surface area contributed by atoms with Gasteiger partial charge in [0, 0.05) is 11.6 Å². The van der Waals surface area contributed by atoms with Gasteiger partial charge in [0.15, 0.2) is 11.4 Å². The molecule has 0 spiro atoms. The highest BCUT2D eigenvalue weighted by molar-refractivity contribution is 6.30. The molecule has 0 fully saturated rings. The summed E-state index contributed by atoms with van der Waals surface area (Å²) in [7, 11) is 0. The van der Waals surface area contributed by atoms with Gasteiger partial charge in [-0.25, -0.2) is 9.48 Å². The van der Waals surface area contributed by atoms with E-state index in [-0.39, 0.29) is 12.2 Å². The zero-order chi connectivity index (χ0) is 24.2. The highest BCUT2D eigenvalue weighted by atomic mass is 35.5. The molecule has 2 aromatic carbocycles. The summed E-state index contributed by atoms with van der Waals surface area (Å²) in [6, 6.07) is 10.3. The number of hydrogen-bond acceptors (Lipinski definition) is 4. The minimum Gasteiger partial charge on any atom is -0.406 e. The second-order valence-corrected chi connectivity index (χ2v) is 6.94. The molecule has 0 saturated carbocycles. The molecule has 1 N–H and O–H groups in total.